The smallest absolute Gasteiger partial charge is 0.315 e. The van der Waals surface area contributed by atoms with E-state index in [4.69, 9.17) is 21.1 Å². The number of carbonyl (C=O) groups is 2. The zero-order valence-corrected chi connectivity index (χ0v) is 16.8. The van der Waals surface area contributed by atoms with Gasteiger partial charge in [-0.15, -0.1) is 0 Å². The van der Waals surface area contributed by atoms with Crippen LogP contribution in [0.15, 0.2) is 18.2 Å². The molecule has 1 aliphatic rings. The number of halogens is 1. The lowest BCUT2D eigenvalue weighted by molar-refractivity contribution is -0.149. The Balaban J connectivity index is 1.93. The summed E-state index contributed by atoms with van der Waals surface area (Å²) in [6.07, 6.45) is 1.33. The van der Waals surface area contributed by atoms with E-state index >= 15 is 0 Å². The molecular weight excluding hydrogens is 354 g/mol. The molecule has 1 aromatic carbocycles. The molecule has 0 N–H and O–H groups in total. The van der Waals surface area contributed by atoms with E-state index in [1.807, 2.05) is 18.2 Å². The summed E-state index contributed by atoms with van der Waals surface area (Å²) in [6.45, 7) is 9.57. The number of likely N-dealkylation sites (tertiary alicyclic amines) is 1. The molecule has 144 valence electrons. The average Bonchev–Trinajstić information content (AvgIpc) is 2.56. The largest absolute Gasteiger partial charge is 0.490 e. The van der Waals surface area contributed by atoms with Crippen LogP contribution < -0.4 is 4.74 Å². The van der Waals surface area contributed by atoms with Crippen LogP contribution in [-0.4, -0.2) is 42.6 Å². The summed E-state index contributed by atoms with van der Waals surface area (Å²) >= 11 is 6.15. The van der Waals surface area contributed by atoms with Crippen molar-refractivity contribution in [3.05, 3.63) is 28.8 Å². The number of esters is 1. The quantitative estimate of drug-likeness (QED) is 0.572. The van der Waals surface area contributed by atoms with Gasteiger partial charge in [0.05, 0.1) is 6.61 Å². The fraction of sp³-hybridized carbons (Fsp3) is 0.600. The van der Waals surface area contributed by atoms with E-state index in [9.17, 15) is 9.59 Å². The standard InChI is InChI=1S/C20H28ClNO4/c1-5-25-19(24)13-18(23)22-10-8-15(9-11-22)26-17-7-6-14(21)12-16(17)20(2,3)4/h6-7,12,15H,5,8-11,13H2,1-4H3. The van der Waals surface area contributed by atoms with Crippen LogP contribution in [0.1, 0.15) is 52.5 Å². The Hall–Kier alpha value is -1.75. The number of piperidine rings is 1. The fourth-order valence-electron chi connectivity index (χ4n) is 3.04. The lowest BCUT2D eigenvalue weighted by Gasteiger charge is -2.33. The molecule has 0 spiro atoms. The highest BCUT2D eigenvalue weighted by atomic mass is 35.5. The molecule has 5 nitrogen and oxygen atoms in total. The molecule has 1 heterocycles. The molecule has 6 heteroatoms. The first-order chi connectivity index (χ1) is 12.2. The van der Waals surface area contributed by atoms with Gasteiger partial charge in [0.2, 0.25) is 5.91 Å². The Morgan fingerprint density at radius 3 is 2.46 bits per heavy atom. The Bertz CT molecular complexity index is 646. The van der Waals surface area contributed by atoms with Crippen molar-refractivity contribution in [3.63, 3.8) is 0 Å². The van der Waals surface area contributed by atoms with Gasteiger partial charge in [-0.1, -0.05) is 32.4 Å². The fourth-order valence-corrected chi connectivity index (χ4v) is 3.21. The van der Waals surface area contributed by atoms with E-state index in [-0.39, 0.29) is 23.8 Å². The van der Waals surface area contributed by atoms with E-state index in [1.54, 1.807) is 11.8 Å². The average molecular weight is 382 g/mol. The van der Waals surface area contributed by atoms with Crippen LogP contribution in [0.25, 0.3) is 0 Å². The molecule has 1 amide bonds. The number of carbonyl (C=O) groups excluding carboxylic acids is 2. The highest BCUT2D eigenvalue weighted by Crippen LogP contribution is 2.35. The lowest BCUT2D eigenvalue weighted by atomic mass is 9.86. The summed E-state index contributed by atoms with van der Waals surface area (Å²) in [6, 6.07) is 5.71. The Labute approximate surface area is 160 Å². The van der Waals surface area contributed by atoms with Gasteiger partial charge < -0.3 is 14.4 Å². The summed E-state index contributed by atoms with van der Waals surface area (Å²) in [5.74, 6) is 0.203. The summed E-state index contributed by atoms with van der Waals surface area (Å²) in [7, 11) is 0. The zero-order valence-electron chi connectivity index (χ0n) is 16.0. The molecule has 2 rings (SSSR count). The van der Waals surface area contributed by atoms with Gasteiger partial charge in [0.25, 0.3) is 0 Å². The Morgan fingerprint density at radius 2 is 1.88 bits per heavy atom. The van der Waals surface area contributed by atoms with Crippen LogP contribution in [0.5, 0.6) is 5.75 Å². The van der Waals surface area contributed by atoms with Crippen molar-refractivity contribution < 1.29 is 19.1 Å². The van der Waals surface area contributed by atoms with Gasteiger partial charge in [0.15, 0.2) is 0 Å². The molecule has 0 aromatic heterocycles. The van der Waals surface area contributed by atoms with Crippen molar-refractivity contribution in [3.8, 4) is 5.75 Å². The topological polar surface area (TPSA) is 55.8 Å². The van der Waals surface area contributed by atoms with Gasteiger partial charge in [0, 0.05) is 36.5 Å². The summed E-state index contributed by atoms with van der Waals surface area (Å²) in [5.41, 5.74) is 1.00. The molecule has 0 unspecified atom stereocenters. The number of nitrogens with zero attached hydrogens (tertiary/aromatic N) is 1. The number of rotatable bonds is 5. The van der Waals surface area contributed by atoms with E-state index < -0.39 is 5.97 Å². The number of hydrogen-bond acceptors (Lipinski definition) is 4. The second kappa shape index (κ2) is 8.76. The maximum Gasteiger partial charge on any atom is 0.315 e. The third kappa shape index (κ3) is 5.63. The van der Waals surface area contributed by atoms with Crippen LogP contribution >= 0.6 is 11.6 Å². The monoisotopic (exact) mass is 381 g/mol. The second-order valence-corrected chi connectivity index (χ2v) is 8.01. The van der Waals surface area contributed by atoms with Crippen molar-refractivity contribution in [1.82, 2.24) is 4.90 Å². The van der Waals surface area contributed by atoms with Gasteiger partial charge in [-0.25, -0.2) is 0 Å². The lowest BCUT2D eigenvalue weighted by Crippen LogP contribution is -2.42. The van der Waals surface area contributed by atoms with Crippen molar-refractivity contribution in [2.24, 2.45) is 0 Å². The van der Waals surface area contributed by atoms with E-state index in [2.05, 4.69) is 20.8 Å². The molecule has 0 bridgehead atoms. The highest BCUT2D eigenvalue weighted by Gasteiger charge is 2.27. The molecule has 0 atom stereocenters. The normalized spacial score (nSPS) is 15.7. The minimum absolute atomic E-state index is 0.0453. The van der Waals surface area contributed by atoms with E-state index in [0.29, 0.717) is 24.7 Å². The SMILES string of the molecule is CCOC(=O)CC(=O)N1CCC(Oc2ccc(Cl)cc2C(C)(C)C)CC1. The first-order valence-electron chi connectivity index (χ1n) is 9.10. The predicted molar refractivity (Wildman–Crippen MR) is 102 cm³/mol. The summed E-state index contributed by atoms with van der Waals surface area (Å²) in [5, 5.41) is 0.696. The zero-order chi connectivity index (χ0) is 19.3. The maximum atomic E-state index is 12.1. The van der Waals surface area contributed by atoms with Crippen molar-refractivity contribution in [2.75, 3.05) is 19.7 Å². The second-order valence-electron chi connectivity index (χ2n) is 7.57. The third-order valence-electron chi connectivity index (χ3n) is 4.44. The van der Waals surface area contributed by atoms with Crippen LogP contribution in [-0.2, 0) is 19.7 Å². The molecule has 1 saturated heterocycles. The van der Waals surface area contributed by atoms with Crippen molar-refractivity contribution in [1.29, 1.82) is 0 Å². The van der Waals surface area contributed by atoms with E-state index in [1.165, 1.54) is 0 Å². The predicted octanol–water partition coefficient (Wildman–Crippen LogP) is 3.96. The molecule has 0 aliphatic carbocycles. The number of ether oxygens (including phenoxy) is 2. The molecule has 26 heavy (non-hydrogen) atoms. The molecular formula is C20H28ClNO4. The minimum atomic E-state index is -0.466. The van der Waals surface area contributed by atoms with E-state index in [0.717, 1.165) is 24.2 Å². The molecule has 0 saturated carbocycles. The third-order valence-corrected chi connectivity index (χ3v) is 4.67. The van der Waals surface area contributed by atoms with Crippen molar-refractivity contribution in [2.45, 2.75) is 58.5 Å². The maximum absolute atomic E-state index is 12.1. The van der Waals surface area contributed by atoms with Crippen LogP contribution in [0.2, 0.25) is 5.02 Å². The Kier molecular flexibility index (Phi) is 6.93. The van der Waals surface area contributed by atoms with Crippen LogP contribution in [0.3, 0.4) is 0 Å². The first kappa shape index (κ1) is 20.6. The molecule has 1 aliphatic heterocycles. The van der Waals surface area contributed by atoms with Gasteiger partial charge >= 0.3 is 5.97 Å². The molecule has 1 aromatic rings. The highest BCUT2D eigenvalue weighted by molar-refractivity contribution is 6.30. The van der Waals surface area contributed by atoms with Gasteiger partial charge in [-0.3, -0.25) is 9.59 Å². The summed E-state index contributed by atoms with van der Waals surface area (Å²) in [4.78, 5) is 25.3. The van der Waals surface area contributed by atoms with Crippen molar-refractivity contribution >= 4 is 23.5 Å². The first-order valence-corrected chi connectivity index (χ1v) is 9.48. The summed E-state index contributed by atoms with van der Waals surface area (Å²) < 4.78 is 11.1. The number of hydrogen-bond donors (Lipinski definition) is 0. The molecule has 0 radical (unpaired) electrons. The van der Waals surface area contributed by atoms with Gasteiger partial charge in [0.1, 0.15) is 18.3 Å². The minimum Gasteiger partial charge on any atom is -0.490 e. The number of benzene rings is 1. The van der Waals surface area contributed by atoms with Gasteiger partial charge in [-0.05, 0) is 30.5 Å². The Morgan fingerprint density at radius 1 is 1.23 bits per heavy atom. The number of amides is 1. The van der Waals surface area contributed by atoms with Gasteiger partial charge in [-0.2, -0.15) is 0 Å². The van der Waals surface area contributed by atoms with Crippen LogP contribution in [0, 0.1) is 0 Å². The molecule has 1 fully saturated rings. The van der Waals surface area contributed by atoms with Crippen LogP contribution in [0.4, 0.5) is 0 Å².